The number of rotatable bonds is 10. The second kappa shape index (κ2) is 10.9. The van der Waals surface area contributed by atoms with Crippen molar-refractivity contribution in [1.29, 1.82) is 0 Å². The summed E-state index contributed by atoms with van der Waals surface area (Å²) in [5.74, 6) is 1.38. The van der Waals surface area contributed by atoms with E-state index in [0.29, 0.717) is 18.9 Å². The van der Waals surface area contributed by atoms with Crippen LogP contribution in [0.1, 0.15) is 78.2 Å². The Hall–Kier alpha value is -3.15. The van der Waals surface area contributed by atoms with Crippen LogP contribution in [0.25, 0.3) is 11.1 Å². The number of carbonyl (C=O) groups is 2. The number of hydrogen-bond donors (Lipinski definition) is 0. The largest absolute Gasteiger partial charge is 0.476 e. The molecule has 1 fully saturated rings. The van der Waals surface area contributed by atoms with Gasteiger partial charge in [-0.15, -0.1) is 0 Å². The molecule has 1 heterocycles. The van der Waals surface area contributed by atoms with Crippen molar-refractivity contribution in [3.63, 3.8) is 0 Å². The minimum atomic E-state index is -1.05. The van der Waals surface area contributed by atoms with Crippen molar-refractivity contribution in [1.82, 2.24) is 4.90 Å². The molecule has 1 saturated carbocycles. The summed E-state index contributed by atoms with van der Waals surface area (Å²) in [6, 6.07) is 16.0. The second-order valence-electron chi connectivity index (χ2n) is 10.3. The van der Waals surface area contributed by atoms with Crippen molar-refractivity contribution in [3.8, 4) is 16.9 Å². The van der Waals surface area contributed by atoms with Gasteiger partial charge in [-0.05, 0) is 68.9 Å². The number of amidine groups is 1. The molecule has 192 valence electrons. The summed E-state index contributed by atoms with van der Waals surface area (Å²) in [4.78, 5) is 32.4. The standard InChI is InChI=1S/C30H38N2O4/c1-5-7-10-26-31-30(19-8-9-20-30)27(33)32(26)21-22-11-13-23(14-12-22)24-15-17-25(18-16-24)36-29(3,4)28(34)35-6-2/h11-18H,5-10,19-21H2,1-4H3. The van der Waals surface area contributed by atoms with E-state index < -0.39 is 11.1 Å². The molecule has 1 amide bonds. The maximum atomic E-state index is 13.4. The van der Waals surface area contributed by atoms with Gasteiger partial charge < -0.3 is 9.47 Å². The molecule has 4 rings (SSSR count). The van der Waals surface area contributed by atoms with Gasteiger partial charge in [0.15, 0.2) is 5.60 Å². The molecule has 0 N–H and O–H groups in total. The summed E-state index contributed by atoms with van der Waals surface area (Å²) in [7, 11) is 0. The van der Waals surface area contributed by atoms with Gasteiger partial charge in [-0.3, -0.25) is 14.7 Å². The molecule has 2 aromatic rings. The van der Waals surface area contributed by atoms with E-state index in [9.17, 15) is 9.59 Å². The summed E-state index contributed by atoms with van der Waals surface area (Å²) < 4.78 is 11.0. The normalized spacial score (nSPS) is 16.9. The third kappa shape index (κ3) is 5.48. The summed E-state index contributed by atoms with van der Waals surface area (Å²) in [5, 5.41) is 0. The highest BCUT2D eigenvalue weighted by molar-refractivity contribution is 6.08. The Bertz CT molecular complexity index is 1100. The fraction of sp³-hybridized carbons (Fsp3) is 0.500. The molecule has 6 nitrogen and oxygen atoms in total. The van der Waals surface area contributed by atoms with Gasteiger partial charge in [-0.2, -0.15) is 0 Å². The Morgan fingerprint density at radius 1 is 1.00 bits per heavy atom. The van der Waals surface area contributed by atoms with Gasteiger partial charge in [0, 0.05) is 6.42 Å². The van der Waals surface area contributed by atoms with Crippen LogP contribution in [-0.2, 0) is 20.9 Å². The van der Waals surface area contributed by atoms with Crippen molar-refractivity contribution in [3.05, 3.63) is 54.1 Å². The second-order valence-corrected chi connectivity index (χ2v) is 10.3. The number of carbonyl (C=O) groups excluding carboxylic acids is 2. The number of amides is 1. The summed E-state index contributed by atoms with van der Waals surface area (Å²) >= 11 is 0. The molecule has 2 aliphatic rings. The van der Waals surface area contributed by atoms with Crippen LogP contribution in [0.15, 0.2) is 53.5 Å². The smallest absolute Gasteiger partial charge is 0.349 e. The molecule has 0 bridgehead atoms. The van der Waals surface area contributed by atoms with Crippen molar-refractivity contribution in [2.24, 2.45) is 4.99 Å². The van der Waals surface area contributed by atoms with Crippen LogP contribution in [0.4, 0.5) is 0 Å². The Morgan fingerprint density at radius 2 is 1.61 bits per heavy atom. The van der Waals surface area contributed by atoms with E-state index in [1.54, 1.807) is 20.8 Å². The molecule has 0 aromatic heterocycles. The van der Waals surface area contributed by atoms with Crippen molar-refractivity contribution < 1.29 is 19.1 Å². The molecule has 0 radical (unpaired) electrons. The molecular formula is C30H38N2O4. The zero-order valence-electron chi connectivity index (χ0n) is 22.0. The van der Waals surface area contributed by atoms with Crippen LogP contribution in [0.5, 0.6) is 5.75 Å². The maximum Gasteiger partial charge on any atom is 0.349 e. The molecule has 1 aliphatic heterocycles. The predicted molar refractivity (Wildman–Crippen MR) is 142 cm³/mol. The number of unbranched alkanes of at least 4 members (excludes halogenated alkanes) is 1. The van der Waals surface area contributed by atoms with Gasteiger partial charge in [0.25, 0.3) is 5.91 Å². The highest BCUT2D eigenvalue weighted by Crippen LogP contribution is 2.40. The first-order valence-electron chi connectivity index (χ1n) is 13.2. The van der Waals surface area contributed by atoms with Crippen LogP contribution >= 0.6 is 0 Å². The monoisotopic (exact) mass is 490 g/mol. The minimum Gasteiger partial charge on any atom is -0.476 e. The fourth-order valence-corrected chi connectivity index (χ4v) is 5.04. The number of esters is 1. The Morgan fingerprint density at radius 3 is 2.19 bits per heavy atom. The van der Waals surface area contributed by atoms with E-state index in [-0.39, 0.29) is 11.9 Å². The van der Waals surface area contributed by atoms with E-state index >= 15 is 0 Å². The van der Waals surface area contributed by atoms with E-state index in [1.807, 2.05) is 29.2 Å². The number of hydrogen-bond acceptors (Lipinski definition) is 5. The van der Waals surface area contributed by atoms with Crippen molar-refractivity contribution >= 4 is 17.7 Å². The lowest BCUT2D eigenvalue weighted by molar-refractivity contribution is -0.158. The fourth-order valence-electron chi connectivity index (χ4n) is 5.04. The predicted octanol–water partition coefficient (Wildman–Crippen LogP) is 6.32. The third-order valence-corrected chi connectivity index (χ3v) is 7.10. The lowest BCUT2D eigenvalue weighted by Gasteiger charge is -2.24. The van der Waals surface area contributed by atoms with Crippen molar-refractivity contribution in [2.45, 2.75) is 90.3 Å². The molecule has 0 unspecified atom stereocenters. The van der Waals surface area contributed by atoms with E-state index in [0.717, 1.165) is 67.5 Å². The van der Waals surface area contributed by atoms with E-state index in [1.165, 1.54) is 0 Å². The van der Waals surface area contributed by atoms with Crippen LogP contribution in [0.3, 0.4) is 0 Å². The zero-order valence-corrected chi connectivity index (χ0v) is 22.0. The number of aliphatic imine (C=N–C) groups is 1. The quantitative estimate of drug-likeness (QED) is 0.366. The molecule has 2 aromatic carbocycles. The first-order valence-corrected chi connectivity index (χ1v) is 13.2. The first kappa shape index (κ1) is 25.9. The summed E-state index contributed by atoms with van der Waals surface area (Å²) in [6.45, 7) is 8.25. The molecule has 0 atom stereocenters. The van der Waals surface area contributed by atoms with E-state index in [2.05, 4.69) is 31.2 Å². The van der Waals surface area contributed by atoms with Gasteiger partial charge >= 0.3 is 5.97 Å². The van der Waals surface area contributed by atoms with E-state index in [4.69, 9.17) is 14.5 Å². The maximum absolute atomic E-state index is 13.4. The zero-order chi connectivity index (χ0) is 25.8. The topological polar surface area (TPSA) is 68.2 Å². The SMILES string of the molecule is CCCCC1=NC2(CCCC2)C(=O)N1Cc1ccc(-c2ccc(OC(C)(C)C(=O)OCC)cc2)cc1. The molecule has 1 spiro atoms. The first-order chi connectivity index (χ1) is 17.3. The van der Waals surface area contributed by atoms with Crippen molar-refractivity contribution in [2.75, 3.05) is 6.61 Å². The Labute approximate surface area is 214 Å². The lowest BCUT2D eigenvalue weighted by Crippen LogP contribution is -2.40. The Balaban J connectivity index is 1.43. The Kier molecular flexibility index (Phi) is 7.82. The average molecular weight is 491 g/mol. The van der Waals surface area contributed by atoms with Gasteiger partial charge in [-0.25, -0.2) is 4.79 Å². The number of nitrogens with zero attached hydrogens (tertiary/aromatic N) is 2. The highest BCUT2D eigenvalue weighted by Gasteiger charge is 2.49. The van der Waals surface area contributed by atoms with Crippen LogP contribution in [-0.4, -0.2) is 40.4 Å². The summed E-state index contributed by atoms with van der Waals surface area (Å²) in [6.07, 6.45) is 6.94. The average Bonchev–Trinajstić information content (AvgIpc) is 3.44. The minimum absolute atomic E-state index is 0.191. The van der Waals surface area contributed by atoms with Crippen LogP contribution in [0.2, 0.25) is 0 Å². The highest BCUT2D eigenvalue weighted by atomic mass is 16.6. The number of ether oxygens (including phenoxy) is 2. The molecule has 1 aliphatic carbocycles. The molecule has 0 saturated heterocycles. The van der Waals surface area contributed by atoms with Gasteiger partial charge in [-0.1, -0.05) is 62.6 Å². The van der Waals surface area contributed by atoms with Gasteiger partial charge in [0.2, 0.25) is 0 Å². The molecular weight excluding hydrogens is 452 g/mol. The van der Waals surface area contributed by atoms with Gasteiger partial charge in [0.05, 0.1) is 13.2 Å². The third-order valence-electron chi connectivity index (χ3n) is 7.10. The molecule has 6 heteroatoms. The lowest BCUT2D eigenvalue weighted by atomic mass is 9.98. The molecule has 36 heavy (non-hydrogen) atoms. The summed E-state index contributed by atoms with van der Waals surface area (Å²) in [5.41, 5.74) is 1.68. The van der Waals surface area contributed by atoms with Crippen LogP contribution in [0, 0.1) is 0 Å². The van der Waals surface area contributed by atoms with Crippen LogP contribution < -0.4 is 4.74 Å². The van der Waals surface area contributed by atoms with Gasteiger partial charge in [0.1, 0.15) is 17.1 Å². The number of benzene rings is 2.